The zero-order valence-corrected chi connectivity index (χ0v) is 12.8. The van der Waals surface area contributed by atoms with Crippen molar-refractivity contribution in [3.63, 3.8) is 0 Å². The van der Waals surface area contributed by atoms with Crippen LogP contribution in [0.2, 0.25) is 0 Å². The SMILES string of the molecule is N=C(N)N(OC(=O)C(F)(F)F)c1ccc(OCc2ccccc2)cc1. The molecule has 0 atom stereocenters. The molecule has 25 heavy (non-hydrogen) atoms. The number of carbonyl (C=O) groups is 1. The minimum atomic E-state index is -5.20. The number of anilines is 1. The lowest BCUT2D eigenvalue weighted by Gasteiger charge is -2.21. The van der Waals surface area contributed by atoms with Gasteiger partial charge < -0.3 is 15.3 Å². The summed E-state index contributed by atoms with van der Waals surface area (Å²) < 4.78 is 42.4. The van der Waals surface area contributed by atoms with Gasteiger partial charge in [-0.05, 0) is 29.8 Å². The van der Waals surface area contributed by atoms with Crippen molar-refractivity contribution in [2.75, 3.05) is 5.06 Å². The first-order valence-electron chi connectivity index (χ1n) is 6.97. The Labute approximate surface area is 141 Å². The van der Waals surface area contributed by atoms with Crippen LogP contribution in [-0.4, -0.2) is 18.1 Å². The molecule has 0 aliphatic carbocycles. The van der Waals surface area contributed by atoms with Crippen LogP contribution in [0.15, 0.2) is 54.6 Å². The fourth-order valence-corrected chi connectivity index (χ4v) is 1.79. The third-order valence-corrected chi connectivity index (χ3v) is 2.94. The van der Waals surface area contributed by atoms with E-state index in [1.807, 2.05) is 30.3 Å². The van der Waals surface area contributed by atoms with E-state index in [0.717, 1.165) is 5.56 Å². The fraction of sp³-hybridized carbons (Fsp3) is 0.125. The van der Waals surface area contributed by atoms with Gasteiger partial charge in [0.1, 0.15) is 12.4 Å². The van der Waals surface area contributed by atoms with Crippen molar-refractivity contribution in [1.29, 1.82) is 5.41 Å². The zero-order chi connectivity index (χ0) is 18.4. The van der Waals surface area contributed by atoms with Crippen molar-refractivity contribution in [3.8, 4) is 5.75 Å². The Hall–Kier alpha value is -3.23. The van der Waals surface area contributed by atoms with Crippen LogP contribution in [0.4, 0.5) is 18.9 Å². The number of alkyl halides is 3. The third kappa shape index (κ3) is 5.13. The zero-order valence-electron chi connectivity index (χ0n) is 12.8. The van der Waals surface area contributed by atoms with Crippen LogP contribution in [0, 0.1) is 5.41 Å². The van der Waals surface area contributed by atoms with Crippen molar-refractivity contribution >= 4 is 17.6 Å². The Kier molecular flexibility index (Phi) is 5.48. The van der Waals surface area contributed by atoms with Crippen molar-refractivity contribution in [2.24, 2.45) is 5.73 Å². The summed E-state index contributed by atoms with van der Waals surface area (Å²) in [4.78, 5) is 15.0. The summed E-state index contributed by atoms with van der Waals surface area (Å²) in [5.74, 6) is -2.92. The number of guanidine groups is 1. The first kappa shape index (κ1) is 18.1. The summed E-state index contributed by atoms with van der Waals surface area (Å²) >= 11 is 0. The molecule has 2 aromatic carbocycles. The van der Waals surface area contributed by atoms with Crippen LogP contribution in [0.1, 0.15) is 5.56 Å². The number of carbonyl (C=O) groups excluding carboxylic acids is 1. The van der Waals surface area contributed by atoms with E-state index in [0.29, 0.717) is 12.4 Å². The van der Waals surface area contributed by atoms with E-state index in [-0.39, 0.29) is 10.8 Å². The molecular weight excluding hydrogens is 339 g/mol. The Morgan fingerprint density at radius 2 is 1.68 bits per heavy atom. The van der Waals surface area contributed by atoms with E-state index in [1.54, 1.807) is 0 Å². The normalized spacial score (nSPS) is 10.8. The summed E-state index contributed by atoms with van der Waals surface area (Å²) in [5.41, 5.74) is 6.08. The van der Waals surface area contributed by atoms with Gasteiger partial charge in [-0.15, -0.1) is 5.06 Å². The average molecular weight is 353 g/mol. The van der Waals surface area contributed by atoms with Gasteiger partial charge in [-0.25, -0.2) is 4.79 Å². The smallest absolute Gasteiger partial charge is 0.489 e. The summed E-state index contributed by atoms with van der Waals surface area (Å²) in [6.45, 7) is 0.305. The van der Waals surface area contributed by atoms with Crippen molar-refractivity contribution in [2.45, 2.75) is 12.8 Å². The number of benzene rings is 2. The maximum Gasteiger partial charge on any atom is 0.493 e. The van der Waals surface area contributed by atoms with E-state index in [9.17, 15) is 18.0 Å². The highest BCUT2D eigenvalue weighted by atomic mass is 19.4. The van der Waals surface area contributed by atoms with Gasteiger partial charge in [0.2, 0.25) is 5.96 Å². The second-order valence-corrected chi connectivity index (χ2v) is 4.82. The number of rotatable bonds is 4. The minimum absolute atomic E-state index is 0.0304. The molecule has 0 amide bonds. The first-order chi connectivity index (χ1) is 11.8. The monoisotopic (exact) mass is 353 g/mol. The number of nitrogens with zero attached hydrogens (tertiary/aromatic N) is 1. The molecule has 2 aromatic rings. The molecule has 2 rings (SSSR count). The van der Waals surface area contributed by atoms with Gasteiger partial charge in [-0.1, -0.05) is 30.3 Å². The highest BCUT2D eigenvalue weighted by molar-refractivity contribution is 5.93. The predicted molar refractivity (Wildman–Crippen MR) is 83.8 cm³/mol. The molecule has 0 saturated carbocycles. The van der Waals surface area contributed by atoms with E-state index in [1.165, 1.54) is 24.3 Å². The van der Waals surface area contributed by atoms with Crippen LogP contribution in [0.3, 0.4) is 0 Å². The minimum Gasteiger partial charge on any atom is -0.489 e. The maximum atomic E-state index is 12.3. The predicted octanol–water partition coefficient (Wildman–Crippen LogP) is 2.99. The van der Waals surface area contributed by atoms with E-state index in [4.69, 9.17) is 15.9 Å². The lowest BCUT2D eigenvalue weighted by Crippen LogP contribution is -2.42. The van der Waals surface area contributed by atoms with Crippen LogP contribution in [-0.2, 0) is 16.2 Å². The third-order valence-electron chi connectivity index (χ3n) is 2.94. The topological polar surface area (TPSA) is 88.6 Å². The molecule has 0 aliphatic heterocycles. The summed E-state index contributed by atoms with van der Waals surface area (Å²) in [5, 5.41) is 7.54. The number of halogens is 3. The number of nitrogens with two attached hydrogens (primary N) is 1. The van der Waals surface area contributed by atoms with Gasteiger partial charge in [0.05, 0.1) is 5.69 Å². The Bertz CT molecular complexity index is 734. The lowest BCUT2D eigenvalue weighted by molar-refractivity contribution is -0.199. The van der Waals surface area contributed by atoms with Gasteiger partial charge in [0, 0.05) is 0 Å². The Balaban J connectivity index is 2.05. The fourth-order valence-electron chi connectivity index (χ4n) is 1.79. The second kappa shape index (κ2) is 7.56. The van der Waals surface area contributed by atoms with Crippen LogP contribution < -0.4 is 15.5 Å². The summed E-state index contributed by atoms with van der Waals surface area (Å²) in [6.07, 6.45) is -5.20. The number of hydrogen-bond donors (Lipinski definition) is 2. The van der Waals surface area contributed by atoms with Crippen LogP contribution >= 0.6 is 0 Å². The molecule has 0 aromatic heterocycles. The molecule has 0 bridgehead atoms. The summed E-state index contributed by atoms with van der Waals surface area (Å²) in [7, 11) is 0. The average Bonchev–Trinajstić information content (AvgIpc) is 2.58. The molecular formula is C16H14F3N3O3. The Morgan fingerprint density at radius 1 is 1.08 bits per heavy atom. The Morgan fingerprint density at radius 3 is 2.20 bits per heavy atom. The van der Waals surface area contributed by atoms with Crippen molar-refractivity contribution < 1.29 is 27.5 Å². The quantitative estimate of drug-likeness (QED) is 0.501. The van der Waals surface area contributed by atoms with E-state index in [2.05, 4.69) is 4.84 Å². The number of hydroxylamine groups is 1. The molecule has 0 heterocycles. The second-order valence-electron chi connectivity index (χ2n) is 4.82. The highest BCUT2D eigenvalue weighted by Crippen LogP contribution is 2.23. The largest absolute Gasteiger partial charge is 0.493 e. The van der Waals surface area contributed by atoms with E-state index < -0.39 is 18.1 Å². The summed E-state index contributed by atoms with van der Waals surface area (Å²) in [6, 6.07) is 14.9. The molecule has 0 spiro atoms. The first-order valence-corrected chi connectivity index (χ1v) is 6.97. The standard InChI is InChI=1S/C16H14F3N3O3/c17-16(18,19)14(23)25-22(15(20)21)12-6-8-13(9-7-12)24-10-11-4-2-1-3-5-11/h1-9H,10H2,(H3,20,21). The van der Waals surface area contributed by atoms with Crippen LogP contribution in [0.25, 0.3) is 0 Å². The molecule has 3 N–H and O–H groups in total. The lowest BCUT2D eigenvalue weighted by atomic mass is 10.2. The van der Waals surface area contributed by atoms with Gasteiger partial charge in [-0.3, -0.25) is 5.41 Å². The molecule has 0 radical (unpaired) electrons. The van der Waals surface area contributed by atoms with Crippen molar-refractivity contribution in [3.05, 3.63) is 60.2 Å². The van der Waals surface area contributed by atoms with E-state index >= 15 is 0 Å². The molecule has 0 unspecified atom stereocenters. The van der Waals surface area contributed by atoms with Crippen LogP contribution in [0.5, 0.6) is 5.75 Å². The van der Waals surface area contributed by atoms with Gasteiger partial charge in [0.15, 0.2) is 0 Å². The number of nitrogens with one attached hydrogen (secondary N) is 1. The maximum absolute atomic E-state index is 12.3. The van der Waals surface area contributed by atoms with Crippen molar-refractivity contribution in [1.82, 2.24) is 0 Å². The molecule has 0 fully saturated rings. The molecule has 132 valence electrons. The molecule has 6 nitrogen and oxygen atoms in total. The van der Waals surface area contributed by atoms with Gasteiger partial charge >= 0.3 is 12.1 Å². The number of hydrogen-bond acceptors (Lipinski definition) is 4. The van der Waals surface area contributed by atoms with Gasteiger partial charge in [0.25, 0.3) is 0 Å². The number of ether oxygens (including phenoxy) is 1. The molecule has 9 heteroatoms. The highest BCUT2D eigenvalue weighted by Gasteiger charge is 2.43. The molecule has 0 saturated heterocycles. The molecule has 0 aliphatic rings. The van der Waals surface area contributed by atoms with Gasteiger partial charge in [-0.2, -0.15) is 13.2 Å².